The van der Waals surface area contributed by atoms with Gasteiger partial charge in [0, 0.05) is 24.9 Å². The number of nitrogens with zero attached hydrogens (tertiary/aromatic N) is 3. The smallest absolute Gasteiger partial charge is 0.261 e. The molecule has 2 fully saturated rings. The molecule has 174 valence electrons. The molecule has 9 heteroatoms. The largest absolute Gasteiger partial charge is 0.475 e. The molecule has 33 heavy (non-hydrogen) atoms. The number of aromatic nitrogens is 3. The second-order valence-electron chi connectivity index (χ2n) is 9.00. The van der Waals surface area contributed by atoms with Crippen LogP contribution in [0.15, 0.2) is 30.6 Å². The minimum absolute atomic E-state index is 0.0103. The van der Waals surface area contributed by atoms with E-state index >= 15 is 0 Å². The van der Waals surface area contributed by atoms with E-state index in [1.165, 1.54) is 6.33 Å². The number of carbonyl (C=O) groups is 1. The number of hydrogen-bond donors (Lipinski definition) is 2. The molecule has 1 aliphatic heterocycles. The predicted molar refractivity (Wildman–Crippen MR) is 124 cm³/mol. The third-order valence-corrected chi connectivity index (χ3v) is 6.43. The van der Waals surface area contributed by atoms with Crippen LogP contribution < -0.4 is 15.8 Å². The van der Waals surface area contributed by atoms with Crippen LogP contribution in [0.3, 0.4) is 0 Å². The van der Waals surface area contributed by atoms with E-state index in [0.717, 1.165) is 37.9 Å². The van der Waals surface area contributed by atoms with E-state index in [-0.39, 0.29) is 23.4 Å². The van der Waals surface area contributed by atoms with Crippen LogP contribution in [0.5, 0.6) is 5.88 Å². The summed E-state index contributed by atoms with van der Waals surface area (Å²) < 4.78 is 19.2. The Morgan fingerprint density at radius 2 is 2.09 bits per heavy atom. The molecule has 9 nitrogen and oxygen atoms in total. The quantitative estimate of drug-likeness (QED) is 0.539. The maximum atomic E-state index is 13.6. The van der Waals surface area contributed by atoms with Gasteiger partial charge in [0.1, 0.15) is 30.0 Å². The van der Waals surface area contributed by atoms with Gasteiger partial charge in [-0.15, -0.1) is 0 Å². The van der Waals surface area contributed by atoms with Gasteiger partial charge in [0.15, 0.2) is 0 Å². The van der Waals surface area contributed by atoms with Crippen LogP contribution >= 0.6 is 0 Å². The van der Waals surface area contributed by atoms with Gasteiger partial charge in [0.2, 0.25) is 5.88 Å². The number of fused-ring (bicyclic) bond motifs is 1. The Morgan fingerprint density at radius 1 is 1.30 bits per heavy atom. The average molecular weight is 452 g/mol. The average Bonchev–Trinajstić information content (AvgIpc) is 3.21. The van der Waals surface area contributed by atoms with Crippen LogP contribution in [0.25, 0.3) is 11.0 Å². The van der Waals surface area contributed by atoms with Crippen molar-refractivity contribution < 1.29 is 19.0 Å². The van der Waals surface area contributed by atoms with Crippen LogP contribution in [0.4, 0.5) is 11.5 Å². The van der Waals surface area contributed by atoms with E-state index in [4.69, 9.17) is 19.9 Å². The van der Waals surface area contributed by atoms with E-state index in [1.54, 1.807) is 7.11 Å². The molecule has 1 aromatic carbocycles. The van der Waals surface area contributed by atoms with Gasteiger partial charge in [-0.3, -0.25) is 9.36 Å². The lowest BCUT2D eigenvalue weighted by Gasteiger charge is -2.19. The Hall–Kier alpha value is -3.17. The van der Waals surface area contributed by atoms with Crippen LogP contribution in [-0.2, 0) is 21.6 Å². The predicted octanol–water partition coefficient (Wildman–Crippen LogP) is 3.48. The summed E-state index contributed by atoms with van der Waals surface area (Å²) >= 11 is 0. The van der Waals surface area contributed by atoms with E-state index in [0.29, 0.717) is 41.4 Å². The Bertz CT molecular complexity index is 1160. The second kappa shape index (κ2) is 8.64. The summed E-state index contributed by atoms with van der Waals surface area (Å²) in [6.07, 6.45) is 5.34. The van der Waals surface area contributed by atoms with Gasteiger partial charge in [0.05, 0.1) is 18.1 Å². The summed E-state index contributed by atoms with van der Waals surface area (Å²) in [4.78, 5) is 22.3. The molecule has 5 rings (SSSR count). The molecule has 3 heterocycles. The minimum atomic E-state index is -0.314. The van der Waals surface area contributed by atoms with Crippen molar-refractivity contribution >= 4 is 28.4 Å². The molecular formula is C24H29N5O4. The van der Waals surface area contributed by atoms with Crippen molar-refractivity contribution in [2.24, 2.45) is 0 Å². The van der Waals surface area contributed by atoms with Crippen LogP contribution in [0.2, 0.25) is 0 Å². The molecule has 3 N–H and O–H groups in total. The van der Waals surface area contributed by atoms with Crippen molar-refractivity contribution in [3.63, 3.8) is 0 Å². The zero-order chi connectivity index (χ0) is 23.0. The summed E-state index contributed by atoms with van der Waals surface area (Å²) in [5, 5.41) is 3.50. The Labute approximate surface area is 192 Å². The Kier molecular flexibility index (Phi) is 5.67. The van der Waals surface area contributed by atoms with Gasteiger partial charge >= 0.3 is 0 Å². The standard InChI is InChI=1S/C24H29N5O4/c1-24(9-10-24)29-21-18(20(25)26-14-27-21)19(23(29)33-13-17-4-3-11-32-17)22(30)28-16-7-5-15(6-8-16)12-31-2/h5-8,14,17H,3-4,9-13H2,1-2H3,(H,28,30)(H2,25,26,27)/t17-/m1/s1. The van der Waals surface area contributed by atoms with E-state index in [2.05, 4.69) is 22.2 Å². The fourth-order valence-corrected chi connectivity index (χ4v) is 4.36. The fraction of sp³-hybridized carbons (Fsp3) is 0.458. The van der Waals surface area contributed by atoms with Crippen LogP contribution in [-0.4, -0.2) is 46.9 Å². The molecule has 1 amide bonds. The molecule has 2 aromatic heterocycles. The van der Waals surface area contributed by atoms with Crippen LogP contribution in [0, 0.1) is 0 Å². The highest BCUT2D eigenvalue weighted by atomic mass is 16.5. The summed E-state index contributed by atoms with van der Waals surface area (Å²) in [6.45, 7) is 3.75. The van der Waals surface area contributed by atoms with Crippen molar-refractivity contribution in [3.05, 3.63) is 41.7 Å². The summed E-state index contributed by atoms with van der Waals surface area (Å²) in [7, 11) is 1.65. The SMILES string of the molecule is COCc1ccc(NC(=O)c2c(OC[C@H]3CCCO3)n(C3(C)CC3)c3ncnc(N)c23)cc1. The number of nitrogens with one attached hydrogen (secondary N) is 1. The normalized spacial score (nSPS) is 19.0. The van der Waals surface area contributed by atoms with Gasteiger partial charge in [-0.2, -0.15) is 0 Å². The molecule has 2 aliphatic rings. The first-order chi connectivity index (χ1) is 16.0. The first-order valence-electron chi connectivity index (χ1n) is 11.3. The van der Waals surface area contributed by atoms with Crippen LogP contribution in [0.1, 0.15) is 48.5 Å². The number of hydrogen-bond acceptors (Lipinski definition) is 7. The van der Waals surface area contributed by atoms with Gasteiger partial charge in [-0.1, -0.05) is 12.1 Å². The summed E-state index contributed by atoms with van der Waals surface area (Å²) in [5.41, 5.74) is 8.75. The number of carbonyl (C=O) groups excluding carboxylic acids is 1. The molecule has 0 bridgehead atoms. The maximum Gasteiger partial charge on any atom is 0.261 e. The molecule has 1 atom stereocenters. The molecular weight excluding hydrogens is 422 g/mol. The number of ether oxygens (including phenoxy) is 3. The molecule has 3 aromatic rings. The minimum Gasteiger partial charge on any atom is -0.475 e. The van der Waals surface area contributed by atoms with Gasteiger partial charge < -0.3 is 25.3 Å². The number of anilines is 2. The number of rotatable bonds is 8. The van der Waals surface area contributed by atoms with Crippen molar-refractivity contribution in [1.82, 2.24) is 14.5 Å². The Morgan fingerprint density at radius 3 is 2.76 bits per heavy atom. The highest BCUT2D eigenvalue weighted by Gasteiger charge is 2.45. The molecule has 0 spiro atoms. The first-order valence-corrected chi connectivity index (χ1v) is 11.3. The second-order valence-corrected chi connectivity index (χ2v) is 9.00. The monoisotopic (exact) mass is 451 g/mol. The van der Waals surface area contributed by atoms with E-state index in [1.807, 2.05) is 28.8 Å². The zero-order valence-corrected chi connectivity index (χ0v) is 19.0. The third-order valence-electron chi connectivity index (χ3n) is 6.43. The topological polar surface area (TPSA) is 114 Å². The Balaban J connectivity index is 1.55. The summed E-state index contributed by atoms with van der Waals surface area (Å²) in [6, 6.07) is 7.53. The number of amides is 1. The number of benzene rings is 1. The van der Waals surface area contributed by atoms with Crippen molar-refractivity contribution in [1.29, 1.82) is 0 Å². The molecule has 1 aliphatic carbocycles. The lowest BCUT2D eigenvalue weighted by atomic mass is 10.2. The number of nitrogens with two attached hydrogens (primary N) is 1. The fourth-order valence-electron chi connectivity index (χ4n) is 4.36. The first kappa shape index (κ1) is 21.7. The highest BCUT2D eigenvalue weighted by Crippen LogP contribution is 2.50. The third kappa shape index (κ3) is 4.14. The maximum absolute atomic E-state index is 13.6. The van der Waals surface area contributed by atoms with Crippen molar-refractivity contribution in [2.75, 3.05) is 31.4 Å². The lowest BCUT2D eigenvalue weighted by molar-refractivity contribution is 0.0636. The highest BCUT2D eigenvalue weighted by molar-refractivity contribution is 6.17. The lowest BCUT2D eigenvalue weighted by Crippen LogP contribution is -2.22. The van der Waals surface area contributed by atoms with Gasteiger partial charge in [-0.05, 0) is 50.3 Å². The number of nitrogen functional groups attached to an aromatic ring is 1. The molecule has 0 unspecified atom stereocenters. The van der Waals surface area contributed by atoms with Gasteiger partial charge in [-0.25, -0.2) is 9.97 Å². The zero-order valence-electron chi connectivity index (χ0n) is 19.0. The number of methoxy groups -OCH3 is 1. The van der Waals surface area contributed by atoms with Crippen molar-refractivity contribution in [2.45, 2.75) is 50.9 Å². The van der Waals surface area contributed by atoms with Crippen molar-refractivity contribution in [3.8, 4) is 5.88 Å². The van der Waals surface area contributed by atoms with E-state index < -0.39 is 0 Å². The van der Waals surface area contributed by atoms with Gasteiger partial charge in [0.25, 0.3) is 5.91 Å². The molecule has 0 radical (unpaired) electrons. The molecule has 1 saturated heterocycles. The van der Waals surface area contributed by atoms with E-state index in [9.17, 15) is 4.79 Å². The summed E-state index contributed by atoms with van der Waals surface area (Å²) in [5.74, 6) is 0.415. The molecule has 1 saturated carbocycles.